The average molecular weight is 406 g/mol. The standard InChI is InChI=1S/C19H17Cl2N3O3/c1-11-2-5-14(6-3-11)24-10-12(8-17(24)25)18(26)22-23-19(27)15-9-13(20)4-7-16(15)21/h2-7,9,12H,8,10H2,1H3,(H,22,26)(H,23,27)/t12-/m0/s1. The third-order valence-electron chi connectivity index (χ3n) is 4.31. The first-order chi connectivity index (χ1) is 12.8. The lowest BCUT2D eigenvalue weighted by Crippen LogP contribution is -2.45. The van der Waals surface area contributed by atoms with E-state index < -0.39 is 17.7 Å². The van der Waals surface area contributed by atoms with Gasteiger partial charge in [0.1, 0.15) is 0 Å². The summed E-state index contributed by atoms with van der Waals surface area (Å²) in [7, 11) is 0. The maximum absolute atomic E-state index is 12.3. The van der Waals surface area contributed by atoms with Crippen molar-refractivity contribution in [2.45, 2.75) is 13.3 Å². The van der Waals surface area contributed by atoms with Gasteiger partial charge in [-0.2, -0.15) is 0 Å². The second-order valence-corrected chi connectivity index (χ2v) is 7.15. The second kappa shape index (κ2) is 7.98. The highest BCUT2D eigenvalue weighted by atomic mass is 35.5. The van der Waals surface area contributed by atoms with Crippen molar-refractivity contribution in [1.29, 1.82) is 0 Å². The quantitative estimate of drug-likeness (QED) is 0.769. The Hall–Kier alpha value is -2.57. The van der Waals surface area contributed by atoms with Gasteiger partial charge in [0.15, 0.2) is 0 Å². The number of hydrogen-bond acceptors (Lipinski definition) is 3. The van der Waals surface area contributed by atoms with Gasteiger partial charge in [0.05, 0.1) is 16.5 Å². The molecule has 2 N–H and O–H groups in total. The van der Waals surface area contributed by atoms with Gasteiger partial charge in [-0.25, -0.2) is 0 Å². The molecule has 0 aliphatic carbocycles. The number of carbonyl (C=O) groups is 3. The smallest absolute Gasteiger partial charge is 0.271 e. The molecule has 1 fully saturated rings. The number of hydrogen-bond donors (Lipinski definition) is 2. The Kier molecular flexibility index (Phi) is 5.68. The van der Waals surface area contributed by atoms with Crippen LogP contribution >= 0.6 is 23.2 Å². The van der Waals surface area contributed by atoms with Crippen LogP contribution in [0.15, 0.2) is 42.5 Å². The van der Waals surface area contributed by atoms with Crippen molar-refractivity contribution in [3.05, 3.63) is 63.6 Å². The molecular weight excluding hydrogens is 389 g/mol. The van der Waals surface area contributed by atoms with Crippen LogP contribution in [0, 0.1) is 12.8 Å². The maximum atomic E-state index is 12.3. The molecule has 1 aliphatic rings. The number of anilines is 1. The molecule has 6 nitrogen and oxygen atoms in total. The summed E-state index contributed by atoms with van der Waals surface area (Å²) < 4.78 is 0. The van der Waals surface area contributed by atoms with Crippen molar-refractivity contribution in [3.8, 4) is 0 Å². The van der Waals surface area contributed by atoms with Crippen molar-refractivity contribution in [2.75, 3.05) is 11.4 Å². The zero-order chi connectivity index (χ0) is 19.6. The summed E-state index contributed by atoms with van der Waals surface area (Å²) in [5.41, 5.74) is 6.64. The molecule has 140 valence electrons. The van der Waals surface area contributed by atoms with E-state index in [1.807, 2.05) is 31.2 Å². The first-order valence-corrected chi connectivity index (χ1v) is 9.03. The number of carbonyl (C=O) groups excluding carboxylic acids is 3. The minimum Gasteiger partial charge on any atom is -0.312 e. The highest BCUT2D eigenvalue weighted by molar-refractivity contribution is 6.35. The normalized spacial score (nSPS) is 16.3. The van der Waals surface area contributed by atoms with Crippen molar-refractivity contribution in [3.63, 3.8) is 0 Å². The highest BCUT2D eigenvalue weighted by Gasteiger charge is 2.35. The maximum Gasteiger partial charge on any atom is 0.271 e. The van der Waals surface area contributed by atoms with Gasteiger partial charge in [-0.1, -0.05) is 40.9 Å². The lowest BCUT2D eigenvalue weighted by molar-refractivity contribution is -0.126. The van der Waals surface area contributed by atoms with Gasteiger partial charge >= 0.3 is 0 Å². The van der Waals surface area contributed by atoms with Crippen LogP contribution in [0.4, 0.5) is 5.69 Å². The summed E-state index contributed by atoms with van der Waals surface area (Å²) in [5, 5.41) is 0.568. The Morgan fingerprint density at radius 3 is 2.48 bits per heavy atom. The van der Waals surface area contributed by atoms with Crippen molar-refractivity contribution in [1.82, 2.24) is 10.9 Å². The number of benzene rings is 2. The van der Waals surface area contributed by atoms with Crippen LogP contribution in [0.25, 0.3) is 0 Å². The minimum atomic E-state index is -0.587. The van der Waals surface area contributed by atoms with Gasteiger partial charge in [-0.3, -0.25) is 25.2 Å². The predicted molar refractivity (Wildman–Crippen MR) is 104 cm³/mol. The van der Waals surface area contributed by atoms with Gasteiger partial charge in [0.2, 0.25) is 11.8 Å². The molecule has 1 saturated heterocycles. The van der Waals surface area contributed by atoms with E-state index in [1.54, 1.807) is 11.0 Å². The van der Waals surface area contributed by atoms with Crippen LogP contribution in [-0.2, 0) is 9.59 Å². The molecule has 1 aliphatic heterocycles. The second-order valence-electron chi connectivity index (χ2n) is 6.31. The van der Waals surface area contributed by atoms with Crippen LogP contribution in [0.5, 0.6) is 0 Å². The Labute approximate surface area is 166 Å². The Morgan fingerprint density at radius 2 is 1.78 bits per heavy atom. The van der Waals surface area contributed by atoms with E-state index in [0.717, 1.165) is 11.3 Å². The summed E-state index contributed by atoms with van der Waals surface area (Å²) in [6.45, 7) is 2.21. The first kappa shape index (κ1) is 19.2. The van der Waals surface area contributed by atoms with Gasteiger partial charge in [-0.05, 0) is 37.3 Å². The number of hydrazine groups is 1. The molecule has 27 heavy (non-hydrogen) atoms. The molecule has 0 saturated carbocycles. The van der Waals surface area contributed by atoms with E-state index in [1.165, 1.54) is 12.1 Å². The van der Waals surface area contributed by atoms with E-state index in [2.05, 4.69) is 10.9 Å². The molecule has 1 heterocycles. The van der Waals surface area contributed by atoms with E-state index >= 15 is 0 Å². The third-order valence-corrected chi connectivity index (χ3v) is 4.88. The van der Waals surface area contributed by atoms with E-state index in [4.69, 9.17) is 23.2 Å². The third kappa shape index (κ3) is 4.40. The first-order valence-electron chi connectivity index (χ1n) is 8.27. The van der Waals surface area contributed by atoms with Gasteiger partial charge in [0, 0.05) is 23.7 Å². The van der Waals surface area contributed by atoms with Gasteiger partial charge < -0.3 is 4.90 Å². The monoisotopic (exact) mass is 405 g/mol. The van der Waals surface area contributed by atoms with Crippen LogP contribution in [-0.4, -0.2) is 24.3 Å². The van der Waals surface area contributed by atoms with Crippen molar-refractivity contribution >= 4 is 46.6 Å². The molecule has 2 aromatic rings. The zero-order valence-electron chi connectivity index (χ0n) is 14.5. The zero-order valence-corrected chi connectivity index (χ0v) is 16.0. The fourth-order valence-electron chi connectivity index (χ4n) is 2.82. The topological polar surface area (TPSA) is 78.5 Å². The van der Waals surface area contributed by atoms with E-state index in [9.17, 15) is 14.4 Å². The predicted octanol–water partition coefficient (Wildman–Crippen LogP) is 3.12. The molecule has 3 rings (SSSR count). The summed E-state index contributed by atoms with van der Waals surface area (Å²) in [6.07, 6.45) is 0.0769. The molecule has 0 unspecified atom stereocenters. The number of rotatable bonds is 3. The summed E-state index contributed by atoms with van der Waals surface area (Å²) in [6, 6.07) is 12.0. The highest BCUT2D eigenvalue weighted by Crippen LogP contribution is 2.25. The van der Waals surface area contributed by atoms with Crippen LogP contribution < -0.4 is 15.8 Å². The number of aryl methyl sites for hydroxylation is 1. The van der Waals surface area contributed by atoms with Crippen molar-refractivity contribution < 1.29 is 14.4 Å². The van der Waals surface area contributed by atoms with E-state index in [0.29, 0.717) is 5.02 Å². The number of halogens is 2. The molecule has 0 aromatic heterocycles. The number of nitrogens with one attached hydrogen (secondary N) is 2. The van der Waals surface area contributed by atoms with Crippen LogP contribution in [0.1, 0.15) is 22.3 Å². The molecular formula is C19H17Cl2N3O3. The minimum absolute atomic E-state index is 0.0769. The summed E-state index contributed by atoms with van der Waals surface area (Å²) in [5.74, 6) is -1.72. The van der Waals surface area contributed by atoms with Crippen LogP contribution in [0.3, 0.4) is 0 Å². The largest absolute Gasteiger partial charge is 0.312 e. The van der Waals surface area contributed by atoms with Crippen LogP contribution in [0.2, 0.25) is 10.0 Å². The molecule has 8 heteroatoms. The summed E-state index contributed by atoms with van der Waals surface area (Å²) >= 11 is 11.8. The van der Waals surface area contributed by atoms with Crippen molar-refractivity contribution in [2.24, 2.45) is 5.92 Å². The molecule has 1 atom stereocenters. The molecule has 0 bridgehead atoms. The SMILES string of the molecule is Cc1ccc(N2C[C@@H](C(=O)NNC(=O)c3cc(Cl)ccc3Cl)CC2=O)cc1. The lowest BCUT2D eigenvalue weighted by Gasteiger charge is -2.17. The number of amides is 3. The molecule has 3 amide bonds. The molecule has 0 radical (unpaired) electrons. The van der Waals surface area contributed by atoms with E-state index in [-0.39, 0.29) is 29.5 Å². The van der Waals surface area contributed by atoms with Gasteiger partial charge in [-0.15, -0.1) is 0 Å². The lowest BCUT2D eigenvalue weighted by atomic mass is 10.1. The Bertz CT molecular complexity index is 900. The Morgan fingerprint density at radius 1 is 1.07 bits per heavy atom. The summed E-state index contributed by atoms with van der Waals surface area (Å²) in [4.78, 5) is 38.3. The molecule has 0 spiro atoms. The number of nitrogens with zero attached hydrogens (tertiary/aromatic N) is 1. The van der Waals surface area contributed by atoms with Gasteiger partial charge in [0.25, 0.3) is 5.91 Å². The fourth-order valence-corrected chi connectivity index (χ4v) is 3.19. The average Bonchev–Trinajstić information content (AvgIpc) is 3.04. The molecule has 2 aromatic carbocycles. The fraction of sp³-hybridized carbons (Fsp3) is 0.211. The Balaban J connectivity index is 1.60.